The highest BCUT2D eigenvalue weighted by molar-refractivity contribution is 5.10. The minimum Gasteiger partial charge on any atom is -0.494 e. The predicted molar refractivity (Wildman–Crippen MR) is 28.2 cm³/mol. The van der Waals surface area contributed by atoms with Gasteiger partial charge in [-0.3, -0.25) is 0 Å². The van der Waals surface area contributed by atoms with Crippen molar-refractivity contribution in [2.45, 2.75) is 12.8 Å². The second kappa shape index (κ2) is 1.41. The van der Waals surface area contributed by atoms with Crippen molar-refractivity contribution < 1.29 is 9.47 Å². The van der Waals surface area contributed by atoms with Gasteiger partial charge in [-0.25, -0.2) is 0 Å². The molecule has 2 rings (SSSR count). The first-order valence-corrected chi connectivity index (χ1v) is 2.94. The first-order chi connectivity index (χ1) is 3.97. The molecule has 0 aromatic heterocycles. The lowest BCUT2D eigenvalue weighted by molar-refractivity contribution is 0.0451. The minimum absolute atomic E-state index is 0.891. The first-order valence-electron chi connectivity index (χ1n) is 2.94. The Labute approximate surface area is 48.1 Å². The van der Waals surface area contributed by atoms with E-state index in [-0.39, 0.29) is 0 Å². The molecule has 0 unspecified atom stereocenters. The van der Waals surface area contributed by atoms with Gasteiger partial charge in [-0.1, -0.05) is 0 Å². The van der Waals surface area contributed by atoms with Crippen molar-refractivity contribution in [2.24, 2.45) is 0 Å². The van der Waals surface area contributed by atoms with Crippen molar-refractivity contribution in [2.75, 3.05) is 13.2 Å². The van der Waals surface area contributed by atoms with Crippen LogP contribution in [0.4, 0.5) is 0 Å². The molecule has 8 heavy (non-hydrogen) atoms. The first kappa shape index (κ1) is 4.24. The second-order valence-corrected chi connectivity index (χ2v) is 2.04. The molecule has 2 heterocycles. The third-order valence-corrected chi connectivity index (χ3v) is 1.52. The van der Waals surface area contributed by atoms with Crippen LogP contribution in [0.25, 0.3) is 0 Å². The molecular weight excluding hydrogens is 104 g/mol. The number of hydrogen-bond donors (Lipinski definition) is 0. The summed E-state index contributed by atoms with van der Waals surface area (Å²) in [5.41, 5.74) is 0. The van der Waals surface area contributed by atoms with E-state index in [1.807, 2.05) is 0 Å². The van der Waals surface area contributed by atoms with Crippen LogP contribution in [-0.4, -0.2) is 13.2 Å². The Morgan fingerprint density at radius 1 is 0.875 bits per heavy atom. The maximum atomic E-state index is 5.09. The van der Waals surface area contributed by atoms with E-state index in [9.17, 15) is 0 Å². The maximum Gasteiger partial charge on any atom is 0.137 e. The average molecular weight is 112 g/mol. The zero-order chi connectivity index (χ0) is 5.40. The van der Waals surface area contributed by atoms with Crippen molar-refractivity contribution >= 4 is 0 Å². The Bertz CT molecular complexity index is 109. The van der Waals surface area contributed by atoms with E-state index in [1.165, 1.54) is 0 Å². The zero-order valence-electron chi connectivity index (χ0n) is 4.64. The van der Waals surface area contributed by atoms with Gasteiger partial charge in [0, 0.05) is 12.8 Å². The molecule has 2 saturated heterocycles. The van der Waals surface area contributed by atoms with Crippen molar-refractivity contribution in [1.29, 1.82) is 0 Å². The fraction of sp³-hybridized carbons (Fsp3) is 0.667. The van der Waals surface area contributed by atoms with Gasteiger partial charge in [-0.05, 0) is 0 Å². The molecule has 0 saturated carbocycles. The molecule has 0 atom stereocenters. The quantitative estimate of drug-likeness (QED) is 0.466. The van der Waals surface area contributed by atoms with Crippen LogP contribution in [-0.2, 0) is 9.47 Å². The zero-order valence-corrected chi connectivity index (χ0v) is 4.64. The Balaban J connectivity index is 2.07. The van der Waals surface area contributed by atoms with E-state index in [2.05, 4.69) is 0 Å². The molecule has 2 fully saturated rings. The van der Waals surface area contributed by atoms with Gasteiger partial charge >= 0.3 is 0 Å². The van der Waals surface area contributed by atoms with Gasteiger partial charge in [-0.15, -0.1) is 0 Å². The van der Waals surface area contributed by atoms with Gasteiger partial charge in [0.15, 0.2) is 0 Å². The van der Waals surface area contributed by atoms with Gasteiger partial charge < -0.3 is 9.47 Å². The van der Waals surface area contributed by atoms with Gasteiger partial charge in [0.25, 0.3) is 0 Å². The SMILES string of the molecule is C1C/C(=C2/CCO2)O1. The van der Waals surface area contributed by atoms with Crippen LogP contribution in [0.3, 0.4) is 0 Å². The average Bonchev–Trinajstić information content (AvgIpc) is 1.47. The van der Waals surface area contributed by atoms with Crippen LogP contribution in [0.5, 0.6) is 0 Å². The summed E-state index contributed by atoms with van der Waals surface area (Å²) in [7, 11) is 0. The summed E-state index contributed by atoms with van der Waals surface area (Å²) < 4.78 is 10.2. The molecule has 2 heteroatoms. The number of hydrogen-bond acceptors (Lipinski definition) is 2. The topological polar surface area (TPSA) is 18.5 Å². The molecule has 0 aromatic carbocycles. The summed E-state index contributed by atoms with van der Waals surface area (Å²) in [4.78, 5) is 0. The number of rotatable bonds is 0. The van der Waals surface area contributed by atoms with Crippen LogP contribution >= 0.6 is 0 Å². The largest absolute Gasteiger partial charge is 0.494 e. The summed E-state index contributed by atoms with van der Waals surface area (Å²) in [5, 5.41) is 0. The fourth-order valence-corrected chi connectivity index (χ4v) is 0.848. The molecule has 2 aliphatic heterocycles. The lowest BCUT2D eigenvalue weighted by atomic mass is 10.2. The van der Waals surface area contributed by atoms with Crippen LogP contribution in [0.1, 0.15) is 12.8 Å². The smallest absolute Gasteiger partial charge is 0.137 e. The normalized spacial score (nSPS) is 34.0. The Morgan fingerprint density at radius 2 is 1.25 bits per heavy atom. The molecule has 2 nitrogen and oxygen atoms in total. The van der Waals surface area contributed by atoms with Crippen molar-refractivity contribution in [1.82, 2.24) is 0 Å². The van der Waals surface area contributed by atoms with Crippen molar-refractivity contribution in [3.63, 3.8) is 0 Å². The van der Waals surface area contributed by atoms with E-state index in [4.69, 9.17) is 9.47 Å². The van der Waals surface area contributed by atoms with E-state index in [0.29, 0.717) is 0 Å². The molecule has 0 radical (unpaired) electrons. The molecule has 2 aliphatic rings. The second-order valence-electron chi connectivity index (χ2n) is 2.04. The van der Waals surface area contributed by atoms with E-state index in [1.54, 1.807) is 0 Å². The summed E-state index contributed by atoms with van der Waals surface area (Å²) in [6.07, 6.45) is 2.19. The maximum absolute atomic E-state index is 5.09. The molecule has 0 bridgehead atoms. The highest BCUT2D eigenvalue weighted by Crippen LogP contribution is 2.28. The van der Waals surface area contributed by atoms with Crippen molar-refractivity contribution in [3.8, 4) is 0 Å². The van der Waals surface area contributed by atoms with Crippen LogP contribution in [0, 0.1) is 0 Å². The van der Waals surface area contributed by atoms with Crippen molar-refractivity contribution in [3.05, 3.63) is 11.5 Å². The summed E-state index contributed by atoms with van der Waals surface area (Å²) in [5.74, 6) is 2.19. The van der Waals surface area contributed by atoms with Gasteiger partial charge in [0.1, 0.15) is 11.5 Å². The third kappa shape index (κ3) is 0.427. The van der Waals surface area contributed by atoms with Gasteiger partial charge in [-0.2, -0.15) is 0 Å². The Kier molecular flexibility index (Phi) is 0.745. The van der Waals surface area contributed by atoms with E-state index < -0.39 is 0 Å². The third-order valence-electron chi connectivity index (χ3n) is 1.52. The monoisotopic (exact) mass is 112 g/mol. The van der Waals surface area contributed by atoms with Crippen LogP contribution < -0.4 is 0 Å². The Morgan fingerprint density at radius 3 is 1.38 bits per heavy atom. The predicted octanol–water partition coefficient (Wildman–Crippen LogP) is 1.04. The van der Waals surface area contributed by atoms with E-state index >= 15 is 0 Å². The van der Waals surface area contributed by atoms with Crippen LogP contribution in [0.15, 0.2) is 11.5 Å². The standard InChI is InChI=1S/C6H8O2/c1-3-7-5(1)6-2-4-8-6/h1-4H2/b6-5+. The molecule has 0 N–H and O–H groups in total. The van der Waals surface area contributed by atoms with Gasteiger partial charge in [0.2, 0.25) is 0 Å². The van der Waals surface area contributed by atoms with E-state index in [0.717, 1.165) is 37.6 Å². The fourth-order valence-electron chi connectivity index (χ4n) is 0.848. The Hall–Kier alpha value is -0.660. The molecule has 0 spiro atoms. The highest BCUT2D eigenvalue weighted by Gasteiger charge is 2.22. The lowest BCUT2D eigenvalue weighted by Crippen LogP contribution is -2.19. The lowest BCUT2D eigenvalue weighted by Gasteiger charge is -2.27. The molecule has 44 valence electrons. The molecule has 0 aliphatic carbocycles. The molecule has 0 amide bonds. The summed E-state index contributed by atoms with van der Waals surface area (Å²) in [6, 6.07) is 0. The summed E-state index contributed by atoms with van der Waals surface area (Å²) >= 11 is 0. The molecular formula is C6H8O2. The number of ether oxygens (including phenoxy) is 2. The highest BCUT2D eigenvalue weighted by atomic mass is 16.5. The summed E-state index contributed by atoms with van der Waals surface area (Å²) in [6.45, 7) is 1.78. The van der Waals surface area contributed by atoms with Gasteiger partial charge in [0.05, 0.1) is 13.2 Å². The van der Waals surface area contributed by atoms with Crippen LogP contribution in [0.2, 0.25) is 0 Å². The molecule has 0 aromatic rings. The minimum atomic E-state index is 0.891.